The Balaban J connectivity index is 0.00000196. The topological polar surface area (TPSA) is 39.1 Å². The van der Waals surface area contributed by atoms with E-state index in [1.165, 1.54) is 5.56 Å². The van der Waals surface area contributed by atoms with Crippen molar-refractivity contribution in [1.82, 2.24) is 15.1 Å². The maximum Gasteiger partial charge on any atom is 0.0638 e. The van der Waals surface area contributed by atoms with Gasteiger partial charge in [0.2, 0.25) is 0 Å². The zero-order valence-electron chi connectivity index (χ0n) is 9.62. The molecule has 1 N–H and O–H groups in total. The molecular formula is C10H20ClN3O. The first-order chi connectivity index (χ1) is 6.74. The lowest BCUT2D eigenvalue weighted by Crippen LogP contribution is -2.16. The van der Waals surface area contributed by atoms with Gasteiger partial charge in [0.15, 0.2) is 0 Å². The monoisotopic (exact) mass is 233 g/mol. The second-order valence-electron chi connectivity index (χ2n) is 3.44. The fourth-order valence-electron chi connectivity index (χ4n) is 1.39. The lowest BCUT2D eigenvalue weighted by Gasteiger charge is -2.02. The molecule has 0 spiro atoms. The predicted molar refractivity (Wildman–Crippen MR) is 63.4 cm³/mol. The van der Waals surface area contributed by atoms with E-state index < -0.39 is 0 Å². The summed E-state index contributed by atoms with van der Waals surface area (Å²) in [5.74, 6) is 0. The van der Waals surface area contributed by atoms with E-state index >= 15 is 0 Å². The van der Waals surface area contributed by atoms with E-state index in [9.17, 15) is 0 Å². The second kappa shape index (κ2) is 7.68. The zero-order valence-corrected chi connectivity index (χ0v) is 10.4. The van der Waals surface area contributed by atoms with Gasteiger partial charge in [-0.1, -0.05) is 0 Å². The van der Waals surface area contributed by atoms with Crippen molar-refractivity contribution < 1.29 is 4.74 Å². The molecule has 0 aliphatic rings. The fraction of sp³-hybridized carbons (Fsp3) is 0.700. The number of halogens is 1. The van der Waals surface area contributed by atoms with Gasteiger partial charge in [-0.15, -0.1) is 12.4 Å². The first-order valence-electron chi connectivity index (χ1n) is 4.93. The molecule has 1 aromatic rings. The predicted octanol–water partition coefficient (Wildman–Crippen LogP) is 1.28. The molecule has 0 saturated heterocycles. The van der Waals surface area contributed by atoms with Gasteiger partial charge in [0.1, 0.15) is 0 Å². The van der Waals surface area contributed by atoms with Crippen molar-refractivity contribution in [3.8, 4) is 0 Å². The molecular weight excluding hydrogens is 214 g/mol. The van der Waals surface area contributed by atoms with E-state index in [4.69, 9.17) is 4.74 Å². The van der Waals surface area contributed by atoms with Crippen molar-refractivity contribution in [3.63, 3.8) is 0 Å². The summed E-state index contributed by atoms with van der Waals surface area (Å²) in [6.07, 6.45) is 3.11. The number of nitrogens with one attached hydrogen (secondary N) is 1. The molecule has 88 valence electrons. The summed E-state index contributed by atoms with van der Waals surface area (Å²) in [4.78, 5) is 0. The van der Waals surface area contributed by atoms with Gasteiger partial charge in [0.05, 0.1) is 5.69 Å². The highest BCUT2D eigenvalue weighted by molar-refractivity contribution is 5.85. The molecule has 0 amide bonds. The zero-order chi connectivity index (χ0) is 10.4. The van der Waals surface area contributed by atoms with Crippen LogP contribution in [0.5, 0.6) is 0 Å². The van der Waals surface area contributed by atoms with E-state index in [0.29, 0.717) is 0 Å². The van der Waals surface area contributed by atoms with Gasteiger partial charge >= 0.3 is 0 Å². The van der Waals surface area contributed by atoms with Crippen LogP contribution in [0.25, 0.3) is 0 Å². The Labute approximate surface area is 97.4 Å². The van der Waals surface area contributed by atoms with Gasteiger partial charge in [0, 0.05) is 39.1 Å². The van der Waals surface area contributed by atoms with Crippen LogP contribution in [0.1, 0.15) is 17.7 Å². The molecule has 0 unspecified atom stereocenters. The molecule has 1 heterocycles. The molecule has 0 bridgehead atoms. The summed E-state index contributed by atoms with van der Waals surface area (Å²) in [5.41, 5.74) is 2.37. The lowest BCUT2D eigenvalue weighted by atomic mass is 10.2. The summed E-state index contributed by atoms with van der Waals surface area (Å²) in [6, 6.07) is 0. The third kappa shape index (κ3) is 5.16. The number of hydrogen-bond donors (Lipinski definition) is 1. The van der Waals surface area contributed by atoms with Crippen LogP contribution in [-0.2, 0) is 18.3 Å². The largest absolute Gasteiger partial charge is 0.385 e. The molecule has 1 aromatic heterocycles. The average Bonchev–Trinajstić information content (AvgIpc) is 2.45. The molecule has 4 nitrogen and oxygen atoms in total. The highest BCUT2D eigenvalue weighted by Crippen LogP contribution is 2.03. The minimum absolute atomic E-state index is 0. The van der Waals surface area contributed by atoms with Crippen LogP contribution in [0, 0.1) is 6.92 Å². The van der Waals surface area contributed by atoms with Crippen molar-refractivity contribution in [1.29, 1.82) is 0 Å². The van der Waals surface area contributed by atoms with Crippen molar-refractivity contribution in [3.05, 3.63) is 17.5 Å². The van der Waals surface area contributed by atoms with Gasteiger partial charge in [-0.3, -0.25) is 4.68 Å². The Hall–Kier alpha value is -0.580. The SMILES string of the molecule is COCCCNCc1cn(C)nc1C.Cl. The van der Waals surface area contributed by atoms with Crippen molar-refractivity contribution in [2.24, 2.45) is 7.05 Å². The van der Waals surface area contributed by atoms with Gasteiger partial charge in [0.25, 0.3) is 0 Å². The van der Waals surface area contributed by atoms with Crippen LogP contribution >= 0.6 is 12.4 Å². The number of nitrogens with zero attached hydrogens (tertiary/aromatic N) is 2. The first-order valence-corrected chi connectivity index (χ1v) is 4.93. The summed E-state index contributed by atoms with van der Waals surface area (Å²) in [7, 11) is 3.67. The fourth-order valence-corrected chi connectivity index (χ4v) is 1.39. The molecule has 5 heteroatoms. The van der Waals surface area contributed by atoms with Gasteiger partial charge < -0.3 is 10.1 Å². The third-order valence-corrected chi connectivity index (χ3v) is 2.13. The molecule has 0 aliphatic carbocycles. The second-order valence-corrected chi connectivity index (χ2v) is 3.44. The molecule has 15 heavy (non-hydrogen) atoms. The van der Waals surface area contributed by atoms with Gasteiger partial charge in [-0.25, -0.2) is 0 Å². The van der Waals surface area contributed by atoms with Gasteiger partial charge in [-0.2, -0.15) is 5.10 Å². The minimum Gasteiger partial charge on any atom is -0.385 e. The number of aromatic nitrogens is 2. The quantitative estimate of drug-likeness (QED) is 0.753. The van der Waals surface area contributed by atoms with Crippen LogP contribution in [-0.4, -0.2) is 30.0 Å². The molecule has 0 radical (unpaired) electrons. The average molecular weight is 234 g/mol. The standard InChI is InChI=1S/C10H19N3O.ClH/c1-9-10(8-13(2)12-9)7-11-5-4-6-14-3;/h8,11H,4-7H2,1-3H3;1H. The molecule has 0 saturated carbocycles. The highest BCUT2D eigenvalue weighted by atomic mass is 35.5. The molecule has 0 aromatic carbocycles. The maximum absolute atomic E-state index is 4.97. The minimum atomic E-state index is 0. The van der Waals surface area contributed by atoms with Crippen LogP contribution in [0.3, 0.4) is 0 Å². The molecule has 0 fully saturated rings. The van der Waals surface area contributed by atoms with Crippen molar-refractivity contribution in [2.75, 3.05) is 20.3 Å². The molecule has 0 aliphatic heterocycles. The van der Waals surface area contributed by atoms with E-state index in [2.05, 4.69) is 16.6 Å². The Morgan fingerprint density at radius 3 is 2.80 bits per heavy atom. The van der Waals surface area contributed by atoms with E-state index in [1.807, 2.05) is 18.7 Å². The van der Waals surface area contributed by atoms with Crippen LogP contribution in [0.4, 0.5) is 0 Å². The Morgan fingerprint density at radius 1 is 1.53 bits per heavy atom. The third-order valence-electron chi connectivity index (χ3n) is 2.13. The Kier molecular flexibility index (Phi) is 7.38. The normalized spacial score (nSPS) is 10.1. The first kappa shape index (κ1) is 14.4. The number of rotatable bonds is 6. The summed E-state index contributed by atoms with van der Waals surface area (Å²) >= 11 is 0. The highest BCUT2D eigenvalue weighted by Gasteiger charge is 2.01. The molecule has 1 rings (SSSR count). The molecule has 0 atom stereocenters. The Morgan fingerprint density at radius 2 is 2.27 bits per heavy atom. The smallest absolute Gasteiger partial charge is 0.0638 e. The number of methoxy groups -OCH3 is 1. The van der Waals surface area contributed by atoms with E-state index in [0.717, 1.165) is 31.8 Å². The van der Waals surface area contributed by atoms with Crippen LogP contribution < -0.4 is 5.32 Å². The van der Waals surface area contributed by atoms with E-state index in [1.54, 1.807) is 7.11 Å². The van der Waals surface area contributed by atoms with Crippen molar-refractivity contribution in [2.45, 2.75) is 19.9 Å². The maximum atomic E-state index is 4.97. The summed E-state index contributed by atoms with van der Waals surface area (Å²) in [6.45, 7) is 4.73. The van der Waals surface area contributed by atoms with E-state index in [-0.39, 0.29) is 12.4 Å². The van der Waals surface area contributed by atoms with Crippen LogP contribution in [0.15, 0.2) is 6.20 Å². The number of hydrogen-bond acceptors (Lipinski definition) is 3. The van der Waals surface area contributed by atoms with Gasteiger partial charge in [-0.05, 0) is 19.9 Å². The van der Waals surface area contributed by atoms with Crippen molar-refractivity contribution >= 4 is 12.4 Å². The Bertz CT molecular complexity index is 276. The number of aryl methyl sites for hydroxylation is 2. The number of ether oxygens (including phenoxy) is 1. The lowest BCUT2D eigenvalue weighted by molar-refractivity contribution is 0.194. The summed E-state index contributed by atoms with van der Waals surface area (Å²) < 4.78 is 6.81. The summed E-state index contributed by atoms with van der Waals surface area (Å²) in [5, 5.41) is 7.64. The van der Waals surface area contributed by atoms with Crippen LogP contribution in [0.2, 0.25) is 0 Å².